The van der Waals surface area contributed by atoms with Crippen molar-refractivity contribution in [3.8, 4) is 0 Å². The summed E-state index contributed by atoms with van der Waals surface area (Å²) in [5.41, 5.74) is -0.368. The molecule has 0 aliphatic heterocycles. The fourth-order valence-corrected chi connectivity index (χ4v) is 1.93. The number of rotatable bonds is 3. The fourth-order valence-electron chi connectivity index (χ4n) is 0.985. The van der Waals surface area contributed by atoms with Crippen LogP contribution >= 0.6 is 38.5 Å². The van der Waals surface area contributed by atoms with Gasteiger partial charge in [-0.05, 0) is 51.5 Å². The van der Waals surface area contributed by atoms with Crippen LogP contribution < -0.4 is 0 Å². The molecule has 1 heterocycles. The van der Waals surface area contributed by atoms with Gasteiger partial charge in [0.1, 0.15) is 9.39 Å². The minimum absolute atomic E-state index is 0.107. The van der Waals surface area contributed by atoms with E-state index >= 15 is 0 Å². The number of carbonyl (C=O) groups excluding carboxylic acids is 1. The van der Waals surface area contributed by atoms with E-state index in [9.17, 15) is 13.6 Å². The van der Waals surface area contributed by atoms with E-state index in [1.54, 1.807) is 29.5 Å². The zero-order valence-electron chi connectivity index (χ0n) is 8.14. The molecule has 0 aliphatic rings. The van der Waals surface area contributed by atoms with Gasteiger partial charge in [0.05, 0.1) is 11.1 Å². The predicted molar refractivity (Wildman–Crippen MR) is 65.6 cm³/mol. The number of alkyl halides is 2. The van der Waals surface area contributed by atoms with Gasteiger partial charge in [-0.3, -0.25) is 0 Å². The molecule has 1 rings (SSSR count). The van der Waals surface area contributed by atoms with E-state index in [1.165, 1.54) is 0 Å². The van der Waals surface area contributed by atoms with Crippen LogP contribution in [0, 0.1) is 3.70 Å². The molecule has 88 valence electrons. The summed E-state index contributed by atoms with van der Waals surface area (Å²) in [7, 11) is 0. The van der Waals surface area contributed by atoms with Gasteiger partial charge in [-0.2, -0.15) is 0 Å². The SMILES string of the molecule is CCOC(=O)c1cc(C(F)F)c(Br)c(I)n1. The molecule has 3 nitrogen and oxygen atoms in total. The molecule has 0 bridgehead atoms. The van der Waals surface area contributed by atoms with Crippen molar-refractivity contribution in [3.05, 3.63) is 25.5 Å². The van der Waals surface area contributed by atoms with Gasteiger partial charge in [0.25, 0.3) is 6.43 Å². The molecule has 0 atom stereocenters. The van der Waals surface area contributed by atoms with E-state index in [1.807, 2.05) is 0 Å². The average molecular weight is 406 g/mol. The third kappa shape index (κ3) is 3.09. The average Bonchev–Trinajstić information content (AvgIpc) is 2.21. The Balaban J connectivity index is 3.18. The highest BCUT2D eigenvalue weighted by atomic mass is 127. The molecule has 16 heavy (non-hydrogen) atoms. The molecule has 0 spiro atoms. The Morgan fingerprint density at radius 3 is 2.81 bits per heavy atom. The van der Waals surface area contributed by atoms with E-state index in [0.717, 1.165) is 6.07 Å². The van der Waals surface area contributed by atoms with Gasteiger partial charge >= 0.3 is 5.97 Å². The lowest BCUT2D eigenvalue weighted by molar-refractivity contribution is 0.0518. The normalized spacial score (nSPS) is 10.6. The lowest BCUT2D eigenvalue weighted by Gasteiger charge is -2.07. The summed E-state index contributed by atoms with van der Waals surface area (Å²) in [4.78, 5) is 15.2. The van der Waals surface area contributed by atoms with Gasteiger partial charge in [0, 0.05) is 5.56 Å². The summed E-state index contributed by atoms with van der Waals surface area (Å²) < 4.78 is 30.4. The van der Waals surface area contributed by atoms with Crippen LogP contribution in [0.1, 0.15) is 29.4 Å². The van der Waals surface area contributed by atoms with Crippen molar-refractivity contribution >= 4 is 44.5 Å². The number of ether oxygens (including phenoxy) is 1. The lowest BCUT2D eigenvalue weighted by Crippen LogP contribution is -2.09. The molecule has 0 amide bonds. The number of hydrogen-bond donors (Lipinski definition) is 0. The molecule has 0 aliphatic carbocycles. The van der Waals surface area contributed by atoms with Gasteiger partial charge in [0.2, 0.25) is 0 Å². The van der Waals surface area contributed by atoms with Crippen LogP contribution in [0.25, 0.3) is 0 Å². The highest BCUT2D eigenvalue weighted by Gasteiger charge is 2.19. The highest BCUT2D eigenvalue weighted by Crippen LogP contribution is 2.30. The fraction of sp³-hybridized carbons (Fsp3) is 0.333. The Morgan fingerprint density at radius 1 is 1.69 bits per heavy atom. The second-order valence-electron chi connectivity index (χ2n) is 2.72. The van der Waals surface area contributed by atoms with Crippen LogP contribution in [-0.2, 0) is 4.74 Å². The van der Waals surface area contributed by atoms with Crippen LogP contribution in [0.2, 0.25) is 0 Å². The molecule has 0 saturated heterocycles. The molecular weight excluding hydrogens is 399 g/mol. The van der Waals surface area contributed by atoms with Gasteiger partial charge in [-0.1, -0.05) is 0 Å². The zero-order chi connectivity index (χ0) is 12.3. The van der Waals surface area contributed by atoms with Crippen molar-refractivity contribution in [1.82, 2.24) is 4.98 Å². The van der Waals surface area contributed by atoms with E-state index in [2.05, 4.69) is 20.9 Å². The maximum absolute atomic E-state index is 12.6. The molecule has 1 aromatic rings. The number of pyridine rings is 1. The quantitative estimate of drug-likeness (QED) is 0.438. The lowest BCUT2D eigenvalue weighted by atomic mass is 10.2. The summed E-state index contributed by atoms with van der Waals surface area (Å²) in [5, 5.41) is 0. The Labute approximate surface area is 113 Å². The summed E-state index contributed by atoms with van der Waals surface area (Å²) in [6.07, 6.45) is -2.67. The van der Waals surface area contributed by atoms with Crippen molar-refractivity contribution in [2.45, 2.75) is 13.3 Å². The molecule has 0 unspecified atom stereocenters. The Kier molecular flexibility index (Phi) is 5.03. The van der Waals surface area contributed by atoms with Crippen LogP contribution in [-0.4, -0.2) is 17.6 Å². The number of aromatic nitrogens is 1. The van der Waals surface area contributed by atoms with E-state index in [-0.39, 0.29) is 22.3 Å². The van der Waals surface area contributed by atoms with Crippen molar-refractivity contribution in [2.75, 3.05) is 6.61 Å². The van der Waals surface area contributed by atoms with Crippen LogP contribution in [0.3, 0.4) is 0 Å². The second-order valence-corrected chi connectivity index (χ2v) is 4.54. The summed E-state index contributed by atoms with van der Waals surface area (Å²) >= 11 is 4.77. The Bertz CT molecular complexity index is 415. The van der Waals surface area contributed by atoms with Crippen molar-refractivity contribution < 1.29 is 18.3 Å². The third-order valence-corrected chi connectivity index (χ3v) is 4.02. The molecule has 1 aromatic heterocycles. The maximum atomic E-state index is 12.6. The second kappa shape index (κ2) is 5.85. The number of nitrogens with zero attached hydrogens (tertiary/aromatic N) is 1. The first kappa shape index (κ1) is 13.8. The van der Waals surface area contributed by atoms with Gasteiger partial charge in [-0.25, -0.2) is 18.6 Å². The Morgan fingerprint density at radius 2 is 2.31 bits per heavy atom. The first-order valence-electron chi connectivity index (χ1n) is 4.28. The molecule has 0 radical (unpaired) electrons. The predicted octanol–water partition coefficient (Wildman–Crippen LogP) is 3.56. The summed E-state index contributed by atoms with van der Waals surface area (Å²) in [6.45, 7) is 1.81. The van der Waals surface area contributed by atoms with Gasteiger partial charge in [0.15, 0.2) is 0 Å². The summed E-state index contributed by atoms with van der Waals surface area (Å²) in [6, 6.07) is 1.04. The Hall–Kier alpha value is -0.310. The maximum Gasteiger partial charge on any atom is 0.356 e. The van der Waals surface area contributed by atoms with Crippen molar-refractivity contribution in [2.24, 2.45) is 0 Å². The van der Waals surface area contributed by atoms with Crippen molar-refractivity contribution in [1.29, 1.82) is 0 Å². The zero-order valence-corrected chi connectivity index (χ0v) is 11.9. The standard InChI is InChI=1S/C9H7BrF2INO2/c1-2-16-9(15)5-3-4(7(11)12)6(10)8(13)14-5/h3,7H,2H2,1H3. The number of halogens is 4. The largest absolute Gasteiger partial charge is 0.461 e. The first-order valence-corrected chi connectivity index (χ1v) is 6.15. The monoisotopic (exact) mass is 405 g/mol. The summed E-state index contributed by atoms with van der Waals surface area (Å²) in [5.74, 6) is -0.699. The molecular formula is C9H7BrF2INO2. The molecule has 0 saturated carbocycles. The minimum Gasteiger partial charge on any atom is -0.461 e. The third-order valence-electron chi connectivity index (χ3n) is 1.67. The van der Waals surface area contributed by atoms with E-state index in [0.29, 0.717) is 3.70 Å². The minimum atomic E-state index is -2.67. The number of hydrogen-bond acceptors (Lipinski definition) is 3. The number of carbonyl (C=O) groups is 1. The molecule has 0 fully saturated rings. The highest BCUT2D eigenvalue weighted by molar-refractivity contribution is 14.1. The van der Waals surface area contributed by atoms with Crippen LogP contribution in [0.5, 0.6) is 0 Å². The van der Waals surface area contributed by atoms with Crippen molar-refractivity contribution in [3.63, 3.8) is 0 Å². The molecule has 0 aromatic carbocycles. The topological polar surface area (TPSA) is 39.2 Å². The first-order chi connectivity index (χ1) is 7.47. The smallest absolute Gasteiger partial charge is 0.356 e. The van der Waals surface area contributed by atoms with E-state index < -0.39 is 12.4 Å². The number of esters is 1. The van der Waals surface area contributed by atoms with Crippen LogP contribution in [0.15, 0.2) is 10.5 Å². The van der Waals surface area contributed by atoms with Crippen LogP contribution in [0.4, 0.5) is 8.78 Å². The molecule has 0 N–H and O–H groups in total. The van der Waals surface area contributed by atoms with Gasteiger partial charge < -0.3 is 4.74 Å². The van der Waals surface area contributed by atoms with Gasteiger partial charge in [-0.15, -0.1) is 0 Å². The van der Waals surface area contributed by atoms with E-state index in [4.69, 9.17) is 4.74 Å². The molecule has 7 heteroatoms.